The normalized spacial score (nSPS) is 25.1. The van der Waals surface area contributed by atoms with E-state index in [2.05, 4.69) is 20.3 Å². The van der Waals surface area contributed by atoms with Crippen LogP contribution in [0, 0.1) is 0 Å². The van der Waals surface area contributed by atoms with Crippen LogP contribution in [0.1, 0.15) is 12.1 Å². The Kier molecular flexibility index (Phi) is 4.61. The average molecular weight is 381 g/mol. The Labute approximate surface area is 150 Å². The number of carboxylic acids is 1. The van der Waals surface area contributed by atoms with Crippen LogP contribution in [-0.2, 0) is 19.2 Å². The number of anilines is 1. The summed E-state index contributed by atoms with van der Waals surface area (Å²) in [4.78, 5) is 45.7. The van der Waals surface area contributed by atoms with E-state index in [0.717, 1.165) is 22.3 Å². The number of oxime groups is 1. The molecule has 3 atom stereocenters. The Balaban J connectivity index is 1.78. The first-order valence-corrected chi connectivity index (χ1v) is 8.31. The number of β-lactam (4-membered cyclic amide) rings is 1. The summed E-state index contributed by atoms with van der Waals surface area (Å²) >= 11 is 1.11. The van der Waals surface area contributed by atoms with Crippen molar-refractivity contribution < 1.29 is 29.4 Å². The average Bonchev–Trinajstić information content (AvgIpc) is 3.02. The van der Waals surface area contributed by atoms with Crippen molar-refractivity contribution in [1.29, 1.82) is 0 Å². The number of carbonyl (C=O) groups is 3. The minimum absolute atomic E-state index is 0.105. The zero-order valence-electron chi connectivity index (χ0n) is 13.4. The van der Waals surface area contributed by atoms with E-state index in [-0.39, 0.29) is 28.7 Å². The van der Waals surface area contributed by atoms with Crippen LogP contribution in [0.5, 0.6) is 0 Å². The smallest absolute Gasteiger partial charge is 0.352 e. The van der Waals surface area contributed by atoms with Gasteiger partial charge in [0.2, 0.25) is 0 Å². The molecular weight excluding hydrogens is 366 g/mol. The zero-order chi connectivity index (χ0) is 19.0. The molecule has 2 aliphatic rings. The summed E-state index contributed by atoms with van der Waals surface area (Å²) in [5.41, 5.74) is 5.26. The third-order valence-electron chi connectivity index (χ3n) is 3.98. The molecule has 0 unspecified atom stereocenters. The van der Waals surface area contributed by atoms with Crippen molar-refractivity contribution in [3.8, 4) is 0 Å². The summed E-state index contributed by atoms with van der Waals surface area (Å²) in [6, 6.07) is -1.65. The number of hydrogen-bond donors (Lipinski definition) is 4. The van der Waals surface area contributed by atoms with E-state index >= 15 is 0 Å². The van der Waals surface area contributed by atoms with Gasteiger partial charge in [0.25, 0.3) is 11.8 Å². The molecule has 0 spiro atoms. The molecule has 1 saturated heterocycles. The molecule has 5 N–H and O–H groups in total. The predicted octanol–water partition coefficient (Wildman–Crippen LogP) is -1.50. The number of carbonyl (C=O) groups excluding carboxylic acids is 2. The summed E-state index contributed by atoms with van der Waals surface area (Å²) in [6.45, 7) is 0. The van der Waals surface area contributed by atoms with Crippen molar-refractivity contribution in [1.82, 2.24) is 15.2 Å². The highest BCUT2D eigenvalue weighted by Crippen LogP contribution is 2.33. The van der Waals surface area contributed by atoms with Gasteiger partial charge in [-0.15, -0.1) is 11.3 Å². The molecular formula is C14H15N5O6S. The maximum Gasteiger partial charge on any atom is 0.352 e. The van der Waals surface area contributed by atoms with E-state index in [1.165, 1.54) is 12.5 Å². The number of rotatable bonds is 5. The number of aliphatic carboxylic acids is 1. The molecule has 1 fully saturated rings. The highest BCUT2D eigenvalue weighted by molar-refractivity contribution is 7.13. The van der Waals surface area contributed by atoms with Gasteiger partial charge >= 0.3 is 5.97 Å². The van der Waals surface area contributed by atoms with Crippen molar-refractivity contribution >= 4 is 40.0 Å². The molecule has 11 nitrogen and oxygen atoms in total. The third-order valence-corrected chi connectivity index (χ3v) is 4.65. The molecule has 0 radical (unpaired) electrons. The molecule has 0 aliphatic carbocycles. The number of nitrogens with zero attached hydrogens (tertiary/aromatic N) is 3. The van der Waals surface area contributed by atoms with Crippen molar-refractivity contribution in [2.24, 2.45) is 5.16 Å². The van der Waals surface area contributed by atoms with Crippen LogP contribution in [0.15, 0.2) is 22.3 Å². The molecule has 2 amide bonds. The summed E-state index contributed by atoms with van der Waals surface area (Å²) in [7, 11) is 1.25. The van der Waals surface area contributed by atoms with Gasteiger partial charge in [-0.05, 0) is 6.08 Å². The first-order chi connectivity index (χ1) is 12.3. The summed E-state index contributed by atoms with van der Waals surface area (Å²) in [5, 5.41) is 26.8. The standard InChI is InChI=1S/C14H15N5O6S/c1-25-18-9(6-4-26-14(15)16-6)11(21)17-10-7-2-5(20)3-8(13(23)24)19(7)12(10)22/h3-5,7,10,20H,2H2,1H3,(H2,15,16)(H,17,21)(H,23,24)/t5-,7+,10-/m0/s1. The second-order valence-electron chi connectivity index (χ2n) is 5.58. The molecule has 138 valence electrons. The van der Waals surface area contributed by atoms with E-state index < -0.39 is 36.0 Å². The lowest BCUT2D eigenvalue weighted by Crippen LogP contribution is -2.72. The second-order valence-corrected chi connectivity index (χ2v) is 6.47. The van der Waals surface area contributed by atoms with Gasteiger partial charge in [0.05, 0.1) is 12.1 Å². The Morgan fingerprint density at radius 3 is 2.85 bits per heavy atom. The number of amides is 2. The summed E-state index contributed by atoms with van der Waals surface area (Å²) < 4.78 is 0. The van der Waals surface area contributed by atoms with Gasteiger partial charge in [-0.3, -0.25) is 14.5 Å². The molecule has 0 bridgehead atoms. The molecule has 0 saturated carbocycles. The number of fused-ring (bicyclic) bond motifs is 1. The van der Waals surface area contributed by atoms with Crippen LogP contribution in [0.2, 0.25) is 0 Å². The number of hydrogen-bond acceptors (Lipinski definition) is 9. The fourth-order valence-corrected chi connectivity index (χ4v) is 3.44. The van der Waals surface area contributed by atoms with Crippen molar-refractivity contribution in [2.75, 3.05) is 12.8 Å². The van der Waals surface area contributed by atoms with Crippen molar-refractivity contribution in [3.05, 3.63) is 22.8 Å². The predicted molar refractivity (Wildman–Crippen MR) is 89.0 cm³/mol. The number of nitrogen functional groups attached to an aromatic ring is 1. The van der Waals surface area contributed by atoms with Gasteiger partial charge in [0, 0.05) is 11.8 Å². The fourth-order valence-electron chi connectivity index (χ4n) is 2.90. The second kappa shape index (κ2) is 6.72. The lowest BCUT2D eigenvalue weighted by Gasteiger charge is -2.49. The van der Waals surface area contributed by atoms with Gasteiger partial charge < -0.3 is 26.1 Å². The lowest BCUT2D eigenvalue weighted by molar-refractivity contribution is -0.156. The molecule has 1 aromatic heterocycles. The number of aliphatic hydroxyl groups is 1. The quantitative estimate of drug-likeness (QED) is 0.272. The highest BCUT2D eigenvalue weighted by Gasteiger charge is 2.53. The summed E-state index contributed by atoms with van der Waals surface area (Å²) in [6.07, 6.45) is 0.179. The molecule has 3 heterocycles. The fraction of sp³-hybridized carbons (Fsp3) is 0.357. The molecule has 12 heteroatoms. The largest absolute Gasteiger partial charge is 0.477 e. The maximum atomic E-state index is 12.5. The van der Waals surface area contributed by atoms with E-state index in [9.17, 15) is 19.5 Å². The number of nitrogens with one attached hydrogen (secondary N) is 1. The van der Waals surface area contributed by atoms with Crippen LogP contribution >= 0.6 is 11.3 Å². The number of carboxylic acid groups (broad SMARTS) is 1. The van der Waals surface area contributed by atoms with Gasteiger partial charge in [-0.25, -0.2) is 9.78 Å². The molecule has 26 heavy (non-hydrogen) atoms. The van der Waals surface area contributed by atoms with Crippen LogP contribution in [-0.4, -0.2) is 68.9 Å². The van der Waals surface area contributed by atoms with Crippen LogP contribution in [0.4, 0.5) is 5.13 Å². The van der Waals surface area contributed by atoms with Crippen molar-refractivity contribution in [3.63, 3.8) is 0 Å². The van der Waals surface area contributed by atoms with Gasteiger partial charge in [0.1, 0.15) is 24.5 Å². The first-order valence-electron chi connectivity index (χ1n) is 7.43. The lowest BCUT2D eigenvalue weighted by atomic mass is 9.85. The third kappa shape index (κ3) is 2.99. The SMILES string of the molecule is CON=C(C(=O)N[C@@H]1C(=O)N2C(C(=O)O)=C[C@@H](O)C[C@H]12)c1csc(N)n1. The van der Waals surface area contributed by atoms with E-state index in [4.69, 9.17) is 10.8 Å². The van der Waals surface area contributed by atoms with Crippen LogP contribution < -0.4 is 11.1 Å². The molecule has 1 aromatic rings. The van der Waals surface area contributed by atoms with Crippen LogP contribution in [0.25, 0.3) is 0 Å². The Morgan fingerprint density at radius 2 is 2.27 bits per heavy atom. The summed E-state index contributed by atoms with van der Waals surface area (Å²) in [5.74, 6) is -2.64. The van der Waals surface area contributed by atoms with E-state index in [1.54, 1.807) is 0 Å². The Hall–Kier alpha value is -2.99. The first kappa shape index (κ1) is 17.8. The maximum absolute atomic E-state index is 12.5. The van der Waals surface area contributed by atoms with Gasteiger partial charge in [0.15, 0.2) is 10.8 Å². The number of aliphatic hydroxyl groups excluding tert-OH is 1. The minimum atomic E-state index is -1.33. The molecule has 0 aromatic carbocycles. The Bertz CT molecular complexity index is 834. The van der Waals surface area contributed by atoms with Gasteiger partial charge in [-0.2, -0.15) is 0 Å². The number of nitrogens with two attached hydrogens (primary N) is 1. The number of aromatic nitrogens is 1. The van der Waals surface area contributed by atoms with Gasteiger partial charge in [-0.1, -0.05) is 5.16 Å². The highest BCUT2D eigenvalue weighted by atomic mass is 32.1. The molecule has 3 rings (SSSR count). The van der Waals surface area contributed by atoms with E-state index in [0.29, 0.717) is 0 Å². The van der Waals surface area contributed by atoms with E-state index in [1.807, 2.05) is 0 Å². The van der Waals surface area contributed by atoms with Crippen LogP contribution in [0.3, 0.4) is 0 Å². The topological polar surface area (TPSA) is 167 Å². The Morgan fingerprint density at radius 1 is 1.54 bits per heavy atom. The van der Waals surface area contributed by atoms with Crippen molar-refractivity contribution in [2.45, 2.75) is 24.6 Å². The number of thiazole rings is 1. The zero-order valence-corrected chi connectivity index (χ0v) is 14.3. The minimum Gasteiger partial charge on any atom is -0.477 e. The monoisotopic (exact) mass is 381 g/mol. The molecule has 2 aliphatic heterocycles.